The largest absolute Gasteiger partial charge is 0.308 e. The molecule has 1 aliphatic heterocycles. The first-order valence-electron chi connectivity index (χ1n) is 4.98. The fourth-order valence-electron chi connectivity index (χ4n) is 2.16. The van der Waals surface area contributed by atoms with E-state index in [-0.39, 0.29) is 11.9 Å². The molecule has 0 bridgehead atoms. The highest BCUT2D eigenvalue weighted by Crippen LogP contribution is 2.33. The highest BCUT2D eigenvalue weighted by molar-refractivity contribution is 5.94. The molecule has 0 N–H and O–H groups in total. The Morgan fingerprint density at radius 1 is 1.60 bits per heavy atom. The third kappa shape index (κ3) is 1.59. The predicted octanol–water partition coefficient (Wildman–Crippen LogP) is 1.88. The molecule has 0 aliphatic carbocycles. The summed E-state index contributed by atoms with van der Waals surface area (Å²) in [4.78, 5) is 13.2. The molecule has 1 amide bonds. The van der Waals surface area contributed by atoms with Crippen LogP contribution in [0.1, 0.15) is 18.9 Å². The molecule has 1 aromatic carbocycles. The number of nitriles is 1. The minimum absolute atomic E-state index is 0.0141. The van der Waals surface area contributed by atoms with Gasteiger partial charge in [-0.3, -0.25) is 4.79 Å². The van der Waals surface area contributed by atoms with Crippen molar-refractivity contribution < 1.29 is 4.79 Å². The van der Waals surface area contributed by atoms with Gasteiger partial charge >= 0.3 is 0 Å². The highest BCUT2D eigenvalue weighted by atomic mass is 16.2. The van der Waals surface area contributed by atoms with Crippen molar-refractivity contribution >= 4 is 11.6 Å². The molecule has 0 aromatic heterocycles. The Kier molecular flexibility index (Phi) is 2.42. The number of carbonyl (C=O) groups excluding carboxylic acids is 1. The van der Waals surface area contributed by atoms with Gasteiger partial charge in [-0.05, 0) is 18.1 Å². The predicted molar refractivity (Wildman–Crippen MR) is 57.3 cm³/mol. The zero-order chi connectivity index (χ0) is 10.8. The van der Waals surface area contributed by atoms with Gasteiger partial charge in [0.1, 0.15) is 0 Å². The second kappa shape index (κ2) is 3.74. The fourth-order valence-corrected chi connectivity index (χ4v) is 2.16. The molecule has 0 saturated carbocycles. The van der Waals surface area contributed by atoms with Crippen molar-refractivity contribution in [3.8, 4) is 6.07 Å². The summed E-state index contributed by atoms with van der Waals surface area (Å²) in [6.07, 6.45) is 1.19. The van der Waals surface area contributed by atoms with Gasteiger partial charge in [0.05, 0.1) is 18.5 Å². The van der Waals surface area contributed by atoms with Crippen LogP contribution in [-0.4, -0.2) is 11.9 Å². The molecule has 3 heteroatoms. The van der Waals surface area contributed by atoms with Crippen LogP contribution in [0.4, 0.5) is 5.69 Å². The van der Waals surface area contributed by atoms with Crippen molar-refractivity contribution in [2.75, 3.05) is 4.90 Å². The Morgan fingerprint density at radius 2 is 2.33 bits per heavy atom. The monoisotopic (exact) mass is 200 g/mol. The smallest absolute Gasteiger partial charge is 0.224 e. The number of rotatable bonds is 1. The molecule has 1 unspecified atom stereocenters. The van der Waals surface area contributed by atoms with Crippen molar-refractivity contribution in [1.29, 1.82) is 5.26 Å². The van der Waals surface area contributed by atoms with Crippen LogP contribution in [-0.2, 0) is 11.2 Å². The molecular weight excluding hydrogens is 188 g/mol. The van der Waals surface area contributed by atoms with E-state index in [0.29, 0.717) is 6.42 Å². The van der Waals surface area contributed by atoms with E-state index in [1.165, 1.54) is 0 Å². The van der Waals surface area contributed by atoms with Crippen molar-refractivity contribution in [3.63, 3.8) is 0 Å². The van der Waals surface area contributed by atoms with Gasteiger partial charge in [0.15, 0.2) is 0 Å². The maximum absolute atomic E-state index is 11.5. The maximum Gasteiger partial charge on any atom is 0.224 e. The molecule has 76 valence electrons. The van der Waals surface area contributed by atoms with E-state index in [2.05, 4.69) is 6.07 Å². The fraction of sp³-hybridized carbons (Fsp3) is 0.333. The van der Waals surface area contributed by atoms with Gasteiger partial charge in [0.2, 0.25) is 5.91 Å². The first kappa shape index (κ1) is 9.72. The Labute approximate surface area is 88.9 Å². The lowest BCUT2D eigenvalue weighted by Gasteiger charge is -2.21. The van der Waals surface area contributed by atoms with E-state index in [9.17, 15) is 4.79 Å². The second-order valence-electron chi connectivity index (χ2n) is 3.74. The van der Waals surface area contributed by atoms with Crippen LogP contribution in [0.15, 0.2) is 24.3 Å². The van der Waals surface area contributed by atoms with Gasteiger partial charge in [0, 0.05) is 12.6 Å². The summed E-state index contributed by atoms with van der Waals surface area (Å²) in [6, 6.07) is 9.99. The first-order chi connectivity index (χ1) is 7.24. The van der Waals surface area contributed by atoms with E-state index < -0.39 is 0 Å². The zero-order valence-corrected chi connectivity index (χ0v) is 8.60. The minimum atomic E-state index is 0.0141. The standard InChI is InChI=1S/C12H12N2O/c1-9(15)14-11(6-7-13)8-10-4-2-3-5-12(10)14/h2-5,11H,6,8H2,1H3. The Balaban J connectivity index is 2.38. The van der Waals surface area contributed by atoms with Gasteiger partial charge in [0.25, 0.3) is 0 Å². The first-order valence-corrected chi connectivity index (χ1v) is 4.98. The molecular formula is C12H12N2O. The topological polar surface area (TPSA) is 44.1 Å². The number of carbonyl (C=O) groups is 1. The lowest BCUT2D eigenvalue weighted by Crippen LogP contribution is -2.35. The van der Waals surface area contributed by atoms with Gasteiger partial charge < -0.3 is 4.90 Å². The summed E-state index contributed by atoms with van der Waals surface area (Å²) in [5, 5.41) is 8.72. The summed E-state index contributed by atoms with van der Waals surface area (Å²) < 4.78 is 0. The van der Waals surface area contributed by atoms with Crippen LogP contribution in [0, 0.1) is 11.3 Å². The summed E-state index contributed by atoms with van der Waals surface area (Å²) >= 11 is 0. The Bertz CT molecular complexity index is 433. The average molecular weight is 200 g/mol. The number of amides is 1. The van der Waals surface area contributed by atoms with Crippen LogP contribution in [0.25, 0.3) is 0 Å². The quantitative estimate of drug-likeness (QED) is 0.694. The summed E-state index contributed by atoms with van der Waals surface area (Å²) in [5.41, 5.74) is 2.12. The molecule has 15 heavy (non-hydrogen) atoms. The number of anilines is 1. The van der Waals surface area contributed by atoms with Crippen molar-refractivity contribution in [3.05, 3.63) is 29.8 Å². The number of hydrogen-bond acceptors (Lipinski definition) is 2. The Morgan fingerprint density at radius 3 is 3.00 bits per heavy atom. The molecule has 1 aromatic rings. The van der Waals surface area contributed by atoms with Gasteiger partial charge in [-0.25, -0.2) is 0 Å². The second-order valence-corrected chi connectivity index (χ2v) is 3.74. The average Bonchev–Trinajstić information content (AvgIpc) is 2.56. The van der Waals surface area contributed by atoms with E-state index in [1.807, 2.05) is 24.3 Å². The third-order valence-electron chi connectivity index (χ3n) is 2.74. The lowest BCUT2D eigenvalue weighted by molar-refractivity contribution is -0.116. The number of hydrogen-bond donors (Lipinski definition) is 0. The van der Waals surface area contributed by atoms with Gasteiger partial charge in [-0.2, -0.15) is 5.26 Å². The van der Waals surface area contributed by atoms with Crippen LogP contribution >= 0.6 is 0 Å². The van der Waals surface area contributed by atoms with Crippen LogP contribution in [0.5, 0.6) is 0 Å². The van der Waals surface area contributed by atoms with E-state index in [0.717, 1.165) is 17.7 Å². The summed E-state index contributed by atoms with van der Waals surface area (Å²) in [7, 11) is 0. The molecule has 1 atom stereocenters. The summed E-state index contributed by atoms with van der Waals surface area (Å²) in [6.45, 7) is 1.55. The number of para-hydroxylation sites is 1. The molecule has 0 spiro atoms. The lowest BCUT2D eigenvalue weighted by atomic mass is 10.1. The Hall–Kier alpha value is -1.82. The van der Waals surface area contributed by atoms with Crippen molar-refractivity contribution in [2.45, 2.75) is 25.8 Å². The number of nitrogens with zero attached hydrogens (tertiary/aromatic N) is 2. The molecule has 0 fully saturated rings. The van der Waals surface area contributed by atoms with Crippen LogP contribution < -0.4 is 4.90 Å². The maximum atomic E-state index is 11.5. The van der Waals surface area contributed by atoms with Crippen molar-refractivity contribution in [1.82, 2.24) is 0 Å². The summed E-state index contributed by atoms with van der Waals surface area (Å²) in [5.74, 6) is 0.0141. The SMILES string of the molecule is CC(=O)N1c2ccccc2CC1CC#N. The minimum Gasteiger partial charge on any atom is -0.308 e. The van der Waals surface area contributed by atoms with Crippen LogP contribution in [0.2, 0.25) is 0 Å². The van der Waals surface area contributed by atoms with E-state index >= 15 is 0 Å². The van der Waals surface area contributed by atoms with Crippen molar-refractivity contribution in [2.24, 2.45) is 0 Å². The molecule has 2 rings (SSSR count). The van der Waals surface area contributed by atoms with E-state index in [1.54, 1.807) is 11.8 Å². The highest BCUT2D eigenvalue weighted by Gasteiger charge is 2.31. The molecule has 1 heterocycles. The van der Waals surface area contributed by atoms with Crippen LogP contribution in [0.3, 0.4) is 0 Å². The van der Waals surface area contributed by atoms with Gasteiger partial charge in [-0.15, -0.1) is 0 Å². The number of benzene rings is 1. The number of fused-ring (bicyclic) bond motifs is 1. The van der Waals surface area contributed by atoms with Gasteiger partial charge in [-0.1, -0.05) is 18.2 Å². The molecule has 1 aliphatic rings. The van der Waals surface area contributed by atoms with E-state index in [4.69, 9.17) is 5.26 Å². The molecule has 0 saturated heterocycles. The molecule has 0 radical (unpaired) electrons. The normalized spacial score (nSPS) is 18.4. The molecule has 3 nitrogen and oxygen atoms in total. The third-order valence-corrected chi connectivity index (χ3v) is 2.74. The zero-order valence-electron chi connectivity index (χ0n) is 8.60.